The van der Waals surface area contributed by atoms with Gasteiger partial charge in [0.2, 0.25) is 0 Å². The van der Waals surface area contributed by atoms with Gasteiger partial charge in [-0.3, -0.25) is 4.99 Å². The Morgan fingerprint density at radius 2 is 2.10 bits per heavy atom. The van der Waals surface area contributed by atoms with Gasteiger partial charge in [-0.25, -0.2) is 0 Å². The van der Waals surface area contributed by atoms with Gasteiger partial charge in [0.15, 0.2) is 0 Å². The minimum absolute atomic E-state index is 0.161. The van der Waals surface area contributed by atoms with Crippen molar-refractivity contribution in [1.29, 1.82) is 0 Å². The van der Waals surface area contributed by atoms with E-state index in [1.807, 2.05) is 55.6 Å². The third-order valence-electron chi connectivity index (χ3n) is 3.03. The van der Waals surface area contributed by atoms with E-state index in [2.05, 4.69) is 34.5 Å². The Balaban J connectivity index is 2.13. The average molecular weight is 414 g/mol. The Morgan fingerprint density at radius 3 is 2.76 bits per heavy atom. The summed E-state index contributed by atoms with van der Waals surface area (Å²) in [5.41, 5.74) is 1.88. The van der Waals surface area contributed by atoms with Crippen molar-refractivity contribution in [1.82, 2.24) is 0 Å². The fraction of sp³-hybridized carbons (Fsp3) is 0.235. The number of ether oxygens (including phenoxy) is 1. The monoisotopic (exact) mass is 413 g/mol. The fourth-order valence-electron chi connectivity index (χ4n) is 1.70. The largest absolute Gasteiger partial charge is 0.489 e. The number of benzene rings is 2. The molecule has 0 fully saturated rings. The first-order chi connectivity index (χ1) is 10.1. The van der Waals surface area contributed by atoms with Crippen LogP contribution >= 0.6 is 34.2 Å². The zero-order valence-electron chi connectivity index (χ0n) is 12.0. The molecule has 110 valence electrons. The molecule has 0 unspecified atom stereocenters. The van der Waals surface area contributed by atoms with Gasteiger partial charge in [-0.1, -0.05) is 24.6 Å². The van der Waals surface area contributed by atoms with E-state index in [1.54, 1.807) is 0 Å². The summed E-state index contributed by atoms with van der Waals surface area (Å²) in [4.78, 5) is 4.46. The lowest BCUT2D eigenvalue weighted by Gasteiger charge is -2.13. The Kier molecular flexibility index (Phi) is 6.06. The van der Waals surface area contributed by atoms with Gasteiger partial charge in [-0.05, 0) is 77.9 Å². The van der Waals surface area contributed by atoms with E-state index >= 15 is 0 Å². The Bertz CT molecular complexity index is 642. The fourth-order valence-corrected chi connectivity index (χ4v) is 2.46. The number of nitrogens with zero attached hydrogens (tertiary/aromatic N) is 1. The summed E-state index contributed by atoms with van der Waals surface area (Å²) in [6.07, 6.45) is 2.92. The van der Waals surface area contributed by atoms with Crippen LogP contribution in [0.4, 0.5) is 5.69 Å². The molecule has 0 spiro atoms. The van der Waals surface area contributed by atoms with Crippen LogP contribution in [0.1, 0.15) is 25.8 Å². The van der Waals surface area contributed by atoms with Crippen molar-refractivity contribution in [3.05, 3.63) is 56.6 Å². The van der Waals surface area contributed by atoms with Crippen LogP contribution in [0.3, 0.4) is 0 Å². The number of aliphatic imine (C=N–C) groups is 1. The van der Waals surface area contributed by atoms with Crippen molar-refractivity contribution in [3.8, 4) is 5.75 Å². The maximum atomic E-state index is 6.25. The summed E-state index contributed by atoms with van der Waals surface area (Å²) in [7, 11) is 0. The third-order valence-corrected chi connectivity index (χ3v) is 4.00. The maximum absolute atomic E-state index is 6.25. The zero-order valence-corrected chi connectivity index (χ0v) is 14.9. The van der Waals surface area contributed by atoms with E-state index in [0.717, 1.165) is 27.0 Å². The summed E-state index contributed by atoms with van der Waals surface area (Å²) in [5, 5.41) is 0.613. The molecule has 0 radical (unpaired) electrons. The highest BCUT2D eigenvalue weighted by Gasteiger charge is 2.06. The molecular formula is C17H17ClINO. The summed E-state index contributed by atoms with van der Waals surface area (Å²) in [6, 6.07) is 13.8. The Labute approximate surface area is 144 Å². The maximum Gasteiger partial charge on any atom is 0.138 e. The number of hydrogen-bond acceptors (Lipinski definition) is 2. The molecular weight excluding hydrogens is 397 g/mol. The first-order valence-electron chi connectivity index (χ1n) is 6.84. The van der Waals surface area contributed by atoms with Gasteiger partial charge in [-0.2, -0.15) is 0 Å². The molecule has 0 aliphatic heterocycles. The smallest absolute Gasteiger partial charge is 0.138 e. The summed E-state index contributed by atoms with van der Waals surface area (Å²) in [5.74, 6) is 0.720. The van der Waals surface area contributed by atoms with Crippen molar-refractivity contribution in [2.75, 3.05) is 0 Å². The van der Waals surface area contributed by atoms with Crippen molar-refractivity contribution in [2.45, 2.75) is 26.4 Å². The second-order valence-corrected chi connectivity index (χ2v) is 6.42. The normalized spacial score (nSPS) is 12.6. The minimum atomic E-state index is 0.161. The molecule has 0 bridgehead atoms. The van der Waals surface area contributed by atoms with Crippen LogP contribution in [-0.2, 0) is 0 Å². The van der Waals surface area contributed by atoms with Gasteiger partial charge in [0, 0.05) is 9.78 Å². The molecule has 0 aliphatic rings. The second kappa shape index (κ2) is 7.80. The zero-order chi connectivity index (χ0) is 15.2. The molecule has 0 N–H and O–H groups in total. The highest BCUT2D eigenvalue weighted by Crippen LogP contribution is 2.26. The lowest BCUT2D eigenvalue weighted by molar-refractivity contribution is 0.217. The number of halogens is 2. The standard InChI is InChI=1S/C17H17ClINO/c1-3-12(2)21-17-8-7-13(9-16(17)18)11-20-15-6-4-5-14(19)10-15/h4-12H,3H2,1-2H3/t12-/m1/s1. The highest BCUT2D eigenvalue weighted by atomic mass is 127. The SMILES string of the molecule is CC[C@@H](C)Oc1ccc(C=Nc2cccc(I)c2)cc1Cl. The van der Waals surface area contributed by atoms with Crippen LogP contribution in [0.5, 0.6) is 5.75 Å². The number of hydrogen-bond donors (Lipinski definition) is 0. The third kappa shape index (κ3) is 5.00. The van der Waals surface area contributed by atoms with Gasteiger partial charge < -0.3 is 4.74 Å². The van der Waals surface area contributed by atoms with Crippen LogP contribution in [0.15, 0.2) is 47.5 Å². The molecule has 0 aromatic heterocycles. The molecule has 0 saturated carbocycles. The molecule has 2 aromatic rings. The molecule has 0 amide bonds. The van der Waals surface area contributed by atoms with Gasteiger partial charge in [-0.15, -0.1) is 0 Å². The highest BCUT2D eigenvalue weighted by molar-refractivity contribution is 14.1. The Morgan fingerprint density at radius 1 is 1.29 bits per heavy atom. The van der Waals surface area contributed by atoms with Gasteiger partial charge in [0.1, 0.15) is 5.75 Å². The van der Waals surface area contributed by atoms with Crippen LogP contribution in [0.25, 0.3) is 0 Å². The van der Waals surface area contributed by atoms with E-state index in [-0.39, 0.29) is 6.10 Å². The molecule has 2 aromatic carbocycles. The van der Waals surface area contributed by atoms with E-state index in [1.165, 1.54) is 0 Å². The predicted octanol–water partition coefficient (Wildman–Crippen LogP) is 5.87. The predicted molar refractivity (Wildman–Crippen MR) is 98.2 cm³/mol. The molecule has 4 heteroatoms. The molecule has 0 aliphatic carbocycles. The molecule has 2 rings (SSSR count). The average Bonchev–Trinajstić information content (AvgIpc) is 2.47. The van der Waals surface area contributed by atoms with Crippen LogP contribution in [-0.4, -0.2) is 12.3 Å². The van der Waals surface area contributed by atoms with E-state index in [9.17, 15) is 0 Å². The van der Waals surface area contributed by atoms with Crippen LogP contribution < -0.4 is 4.74 Å². The lowest BCUT2D eigenvalue weighted by Crippen LogP contribution is -2.09. The van der Waals surface area contributed by atoms with Gasteiger partial charge >= 0.3 is 0 Å². The van der Waals surface area contributed by atoms with Crippen molar-refractivity contribution < 1.29 is 4.74 Å². The van der Waals surface area contributed by atoms with E-state index in [0.29, 0.717) is 5.02 Å². The molecule has 0 saturated heterocycles. The lowest BCUT2D eigenvalue weighted by atomic mass is 10.2. The first kappa shape index (κ1) is 16.3. The first-order valence-corrected chi connectivity index (χ1v) is 8.30. The van der Waals surface area contributed by atoms with Crippen molar-refractivity contribution in [2.24, 2.45) is 4.99 Å². The quantitative estimate of drug-likeness (QED) is 0.443. The molecule has 21 heavy (non-hydrogen) atoms. The molecule has 0 heterocycles. The summed E-state index contributed by atoms with van der Waals surface area (Å²) >= 11 is 8.52. The van der Waals surface area contributed by atoms with Crippen molar-refractivity contribution >= 4 is 46.1 Å². The summed E-state index contributed by atoms with van der Waals surface area (Å²) in [6.45, 7) is 4.11. The van der Waals surface area contributed by atoms with E-state index in [4.69, 9.17) is 16.3 Å². The van der Waals surface area contributed by atoms with E-state index < -0.39 is 0 Å². The Hall–Kier alpha value is -1.07. The van der Waals surface area contributed by atoms with Crippen LogP contribution in [0.2, 0.25) is 5.02 Å². The minimum Gasteiger partial charge on any atom is -0.489 e. The van der Waals surface area contributed by atoms with Crippen LogP contribution in [0, 0.1) is 3.57 Å². The topological polar surface area (TPSA) is 21.6 Å². The van der Waals surface area contributed by atoms with Crippen molar-refractivity contribution in [3.63, 3.8) is 0 Å². The van der Waals surface area contributed by atoms with Gasteiger partial charge in [0.05, 0.1) is 16.8 Å². The molecule has 2 nitrogen and oxygen atoms in total. The van der Waals surface area contributed by atoms with Gasteiger partial charge in [0.25, 0.3) is 0 Å². The summed E-state index contributed by atoms with van der Waals surface area (Å²) < 4.78 is 6.91. The molecule has 1 atom stereocenters. The number of rotatable bonds is 5. The second-order valence-electron chi connectivity index (χ2n) is 4.76.